The van der Waals surface area contributed by atoms with Gasteiger partial charge in [0.25, 0.3) is 11.4 Å². The van der Waals surface area contributed by atoms with E-state index in [4.69, 9.17) is 29.9 Å². The summed E-state index contributed by atoms with van der Waals surface area (Å²) in [5, 5.41) is 45.6. The van der Waals surface area contributed by atoms with E-state index in [0.717, 1.165) is 38.2 Å². The Morgan fingerprint density at radius 2 is 1.61 bits per heavy atom. The summed E-state index contributed by atoms with van der Waals surface area (Å²) < 4.78 is 26.3. The van der Waals surface area contributed by atoms with E-state index in [2.05, 4.69) is 25.4 Å². The van der Waals surface area contributed by atoms with Gasteiger partial charge in [-0.15, -0.1) is 5.10 Å². The Bertz CT molecular complexity index is 1670. The Labute approximate surface area is 279 Å². The average Bonchev–Trinajstić information content (AvgIpc) is 3.03. The minimum Gasteiger partial charge on any atom is -0.484 e. The number of piperidine rings is 1. The molecule has 2 aromatic heterocycles. The van der Waals surface area contributed by atoms with Crippen LogP contribution in [-0.4, -0.2) is 113 Å². The number of halogens is 1. The molecule has 4 heterocycles. The number of aromatic nitrogens is 4. The predicted molar refractivity (Wildman–Crippen MR) is 169 cm³/mol. The lowest BCUT2D eigenvalue weighted by Gasteiger charge is -2.32. The first kappa shape index (κ1) is 38.4. The Balaban J connectivity index is 0.000000321. The number of fused-ring (bicyclic) bond motifs is 2. The van der Waals surface area contributed by atoms with Gasteiger partial charge >= 0.3 is 17.9 Å². The van der Waals surface area contributed by atoms with E-state index < -0.39 is 36.4 Å². The van der Waals surface area contributed by atoms with Gasteiger partial charge in [-0.25, -0.2) is 14.2 Å². The van der Waals surface area contributed by atoms with E-state index in [1.807, 2.05) is 6.07 Å². The molecule has 0 atom stereocenters. The summed E-state index contributed by atoms with van der Waals surface area (Å²) in [5.41, 5.74) is -0.962. The van der Waals surface area contributed by atoms with Crippen LogP contribution < -0.4 is 20.3 Å². The SMILES string of the molecule is CC(C)=O.O=C(O)CC(O)(CC(=O)O)C(=O)O.O=c1cnc2ccc(F)cc2n1CCN1CCC(NCc2cc3c(nn2)OCCO3)CC1. The molecule has 3 aromatic rings. The molecule has 5 N–H and O–H groups in total. The second-order valence-corrected chi connectivity index (χ2v) is 11.5. The second kappa shape index (κ2) is 17.9. The Hall–Kier alpha value is -5.07. The molecule has 1 saturated heterocycles. The average molecular weight is 691 g/mol. The van der Waals surface area contributed by atoms with Crippen LogP contribution in [0, 0.1) is 5.82 Å². The number of aliphatic hydroxyl groups is 1. The number of ether oxygens (including phenoxy) is 2. The van der Waals surface area contributed by atoms with Crippen molar-refractivity contribution in [2.45, 2.75) is 64.3 Å². The van der Waals surface area contributed by atoms with Crippen LogP contribution in [0.2, 0.25) is 0 Å². The van der Waals surface area contributed by atoms with Crippen LogP contribution in [0.3, 0.4) is 0 Å². The van der Waals surface area contributed by atoms with Gasteiger partial charge in [-0.1, -0.05) is 0 Å². The Morgan fingerprint density at radius 3 is 2.22 bits per heavy atom. The second-order valence-electron chi connectivity index (χ2n) is 11.5. The molecule has 0 saturated carbocycles. The molecule has 2 aliphatic rings. The molecule has 1 fully saturated rings. The summed E-state index contributed by atoms with van der Waals surface area (Å²) in [4.78, 5) is 58.7. The van der Waals surface area contributed by atoms with Gasteiger partial charge in [-0.05, 0) is 58.0 Å². The van der Waals surface area contributed by atoms with Gasteiger partial charge in [0.15, 0.2) is 11.4 Å². The van der Waals surface area contributed by atoms with Gasteiger partial charge in [-0.3, -0.25) is 14.4 Å². The number of carboxylic acid groups (broad SMARTS) is 3. The summed E-state index contributed by atoms with van der Waals surface area (Å²) in [5.74, 6) is -4.11. The fraction of sp³-hybridized carbons (Fsp3) is 0.484. The van der Waals surface area contributed by atoms with Crippen LogP contribution >= 0.6 is 0 Å². The van der Waals surface area contributed by atoms with Gasteiger partial charge in [0, 0.05) is 31.7 Å². The van der Waals surface area contributed by atoms with Crippen LogP contribution in [0.15, 0.2) is 35.3 Å². The minimum absolute atomic E-state index is 0.167. The minimum atomic E-state index is -2.74. The van der Waals surface area contributed by atoms with E-state index >= 15 is 0 Å². The standard InChI is InChI=1S/C22H25FN6O3.C6H8O7.C3H6O/c23-15-1-2-18-19(11-15)29(21(30)14-25-18)8-7-28-5-3-16(4-6-28)24-13-17-12-20-22(27-26-17)32-10-9-31-20;7-3(8)1-6(13,5(11)12)2-4(9)10;1-3(2)4/h1-2,11-12,14,16,24H,3-10,13H2;13H,1-2H2,(H,7,8)(H,9,10)(H,11,12);1-2H3. The zero-order chi connectivity index (χ0) is 36.1. The molecule has 5 rings (SSSR count). The van der Waals surface area contributed by atoms with E-state index in [1.165, 1.54) is 32.2 Å². The van der Waals surface area contributed by atoms with Crippen molar-refractivity contribution in [1.29, 1.82) is 0 Å². The van der Waals surface area contributed by atoms with E-state index in [9.17, 15) is 28.4 Å². The molecule has 0 unspecified atom stereocenters. The highest BCUT2D eigenvalue weighted by atomic mass is 19.1. The number of rotatable bonds is 11. The maximum atomic E-state index is 13.7. The highest BCUT2D eigenvalue weighted by Gasteiger charge is 2.40. The number of likely N-dealkylation sites (tertiary alicyclic amines) is 1. The van der Waals surface area contributed by atoms with Gasteiger partial charge in [0.1, 0.15) is 24.8 Å². The van der Waals surface area contributed by atoms with Crippen molar-refractivity contribution in [2.24, 2.45) is 0 Å². The highest BCUT2D eigenvalue weighted by molar-refractivity contribution is 5.88. The number of carbonyl (C=O) groups is 4. The van der Waals surface area contributed by atoms with Crippen molar-refractivity contribution in [2.75, 3.05) is 32.8 Å². The van der Waals surface area contributed by atoms with Crippen molar-refractivity contribution >= 4 is 34.7 Å². The lowest BCUT2D eigenvalue weighted by Crippen LogP contribution is -2.43. The van der Waals surface area contributed by atoms with Gasteiger partial charge in [0.2, 0.25) is 0 Å². The number of nitrogens with one attached hydrogen (secondary N) is 1. The first-order valence-electron chi connectivity index (χ1n) is 15.3. The van der Waals surface area contributed by atoms with Crippen LogP contribution in [-0.2, 0) is 32.3 Å². The molecule has 0 bridgehead atoms. The van der Waals surface area contributed by atoms with E-state index in [-0.39, 0.29) is 17.2 Å². The smallest absolute Gasteiger partial charge is 0.336 e. The molecular weight excluding hydrogens is 651 g/mol. The number of hydrogen-bond donors (Lipinski definition) is 5. The van der Waals surface area contributed by atoms with Crippen LogP contribution in [0.1, 0.15) is 45.2 Å². The summed E-state index contributed by atoms with van der Waals surface area (Å²) >= 11 is 0. The molecule has 1 aromatic carbocycles. The third kappa shape index (κ3) is 12.2. The molecule has 0 aliphatic carbocycles. The van der Waals surface area contributed by atoms with Crippen LogP contribution in [0.25, 0.3) is 11.0 Å². The molecular formula is C31H39FN6O11. The summed E-state index contributed by atoms with van der Waals surface area (Å²) in [6.45, 7) is 7.80. The first-order chi connectivity index (χ1) is 23.2. The van der Waals surface area contributed by atoms with Crippen molar-refractivity contribution in [3.05, 3.63) is 52.3 Å². The number of ketones is 1. The third-order valence-corrected chi connectivity index (χ3v) is 7.25. The van der Waals surface area contributed by atoms with Gasteiger partial charge in [-0.2, -0.15) is 5.10 Å². The summed E-state index contributed by atoms with van der Waals surface area (Å²) in [6, 6.07) is 6.60. The lowest BCUT2D eigenvalue weighted by molar-refractivity contribution is -0.170. The topological polar surface area (TPSA) is 244 Å². The summed E-state index contributed by atoms with van der Waals surface area (Å²) in [6.07, 6.45) is 1.01. The molecule has 49 heavy (non-hydrogen) atoms. The maximum Gasteiger partial charge on any atom is 0.336 e. The number of nitrogens with zero attached hydrogens (tertiary/aromatic N) is 5. The van der Waals surface area contributed by atoms with E-state index in [0.29, 0.717) is 55.0 Å². The highest BCUT2D eigenvalue weighted by Crippen LogP contribution is 2.27. The fourth-order valence-corrected chi connectivity index (χ4v) is 4.91. The summed E-state index contributed by atoms with van der Waals surface area (Å²) in [7, 11) is 0. The molecule has 0 radical (unpaired) electrons. The number of Topliss-reactive ketones (excluding diaryl/α,β-unsaturated/α-hetero) is 1. The molecule has 0 amide bonds. The van der Waals surface area contributed by atoms with Crippen molar-refractivity contribution < 1.29 is 53.5 Å². The molecule has 0 spiro atoms. The Morgan fingerprint density at radius 1 is 0.980 bits per heavy atom. The maximum absolute atomic E-state index is 13.7. The fourth-order valence-electron chi connectivity index (χ4n) is 4.91. The van der Waals surface area contributed by atoms with Crippen molar-refractivity contribution in [1.82, 2.24) is 30.0 Å². The predicted octanol–water partition coefficient (Wildman–Crippen LogP) is 0.698. The van der Waals surface area contributed by atoms with Gasteiger partial charge in [0.05, 0.1) is 35.8 Å². The Kier molecular flexibility index (Phi) is 14.0. The number of carbonyl (C=O) groups excluding carboxylic acids is 1. The first-order valence-corrected chi connectivity index (χ1v) is 15.3. The zero-order valence-corrected chi connectivity index (χ0v) is 27.0. The number of benzene rings is 1. The van der Waals surface area contributed by atoms with E-state index in [1.54, 1.807) is 10.6 Å². The largest absolute Gasteiger partial charge is 0.484 e. The van der Waals surface area contributed by atoms with Crippen LogP contribution in [0.5, 0.6) is 11.6 Å². The van der Waals surface area contributed by atoms with Crippen LogP contribution in [0.4, 0.5) is 4.39 Å². The van der Waals surface area contributed by atoms with Crippen molar-refractivity contribution in [3.63, 3.8) is 0 Å². The third-order valence-electron chi connectivity index (χ3n) is 7.25. The van der Waals surface area contributed by atoms with Gasteiger partial charge < -0.3 is 49.5 Å². The molecule has 17 nitrogen and oxygen atoms in total. The monoisotopic (exact) mass is 690 g/mol. The lowest BCUT2D eigenvalue weighted by atomic mass is 9.96. The number of aliphatic carboxylic acids is 3. The number of hydrogen-bond acceptors (Lipinski definition) is 13. The molecule has 266 valence electrons. The quantitative estimate of drug-likeness (QED) is 0.186. The normalized spacial score (nSPS) is 14.5. The van der Waals surface area contributed by atoms with Crippen molar-refractivity contribution in [3.8, 4) is 11.6 Å². The number of carboxylic acids is 3. The zero-order valence-electron chi connectivity index (χ0n) is 27.0. The molecule has 18 heteroatoms. The molecule has 2 aliphatic heterocycles.